The number of benzene rings is 1. The predicted molar refractivity (Wildman–Crippen MR) is 103 cm³/mol. The second-order valence-corrected chi connectivity index (χ2v) is 6.26. The normalized spacial score (nSPS) is 14.9. The predicted octanol–water partition coefficient (Wildman–Crippen LogP) is 0.693. The van der Waals surface area contributed by atoms with Crippen molar-refractivity contribution in [2.45, 2.75) is 6.54 Å². The summed E-state index contributed by atoms with van der Waals surface area (Å²) in [5, 5.41) is 23.0. The maximum absolute atomic E-state index is 11.2. The molecule has 1 aliphatic heterocycles. The Labute approximate surface area is 156 Å². The SMILES string of the molecule is Nc1nc(N2CCN(Cc3ccccc3)CC2)nc(NCCO)c1[N+](=O)[O-]. The van der Waals surface area contributed by atoms with Gasteiger partial charge in [0.15, 0.2) is 0 Å². The Hall–Kier alpha value is -2.98. The molecule has 0 amide bonds. The van der Waals surface area contributed by atoms with Crippen molar-refractivity contribution in [3.05, 3.63) is 46.0 Å². The molecule has 0 saturated carbocycles. The van der Waals surface area contributed by atoms with E-state index in [1.807, 2.05) is 23.1 Å². The standard InChI is InChI=1S/C17H23N7O3/c18-15-14(24(26)27)16(19-6-11-25)21-17(20-15)23-9-7-22(8-10-23)12-13-4-2-1-3-5-13/h1-5,25H,6-12H2,(H3,18,19,20,21). The van der Waals surface area contributed by atoms with Gasteiger partial charge in [0.25, 0.3) is 0 Å². The van der Waals surface area contributed by atoms with Crippen molar-refractivity contribution in [1.82, 2.24) is 14.9 Å². The molecule has 0 radical (unpaired) electrons. The van der Waals surface area contributed by atoms with E-state index in [2.05, 4.69) is 32.3 Å². The summed E-state index contributed by atoms with van der Waals surface area (Å²) < 4.78 is 0. The van der Waals surface area contributed by atoms with E-state index >= 15 is 0 Å². The molecule has 1 aromatic carbocycles. The lowest BCUT2D eigenvalue weighted by molar-refractivity contribution is -0.383. The number of piperazine rings is 1. The van der Waals surface area contributed by atoms with E-state index in [4.69, 9.17) is 10.8 Å². The first-order chi connectivity index (χ1) is 13.1. The molecule has 10 nitrogen and oxygen atoms in total. The third-order valence-corrected chi connectivity index (χ3v) is 4.39. The van der Waals surface area contributed by atoms with Gasteiger partial charge in [0, 0.05) is 39.3 Å². The maximum atomic E-state index is 11.2. The highest BCUT2D eigenvalue weighted by Crippen LogP contribution is 2.30. The molecule has 0 spiro atoms. The van der Waals surface area contributed by atoms with Crippen LogP contribution < -0.4 is 16.0 Å². The van der Waals surface area contributed by atoms with Gasteiger partial charge in [-0.05, 0) is 5.56 Å². The van der Waals surface area contributed by atoms with Crippen molar-refractivity contribution in [3.8, 4) is 0 Å². The number of hydrogen-bond donors (Lipinski definition) is 3. The molecule has 3 rings (SSSR count). The van der Waals surface area contributed by atoms with Gasteiger partial charge in [0.05, 0.1) is 11.5 Å². The molecule has 0 aliphatic carbocycles. The molecule has 10 heteroatoms. The quantitative estimate of drug-likeness (QED) is 0.473. The van der Waals surface area contributed by atoms with Crippen molar-refractivity contribution in [2.75, 3.05) is 55.3 Å². The van der Waals surface area contributed by atoms with Crippen molar-refractivity contribution in [3.63, 3.8) is 0 Å². The highest BCUT2D eigenvalue weighted by Gasteiger charge is 2.26. The van der Waals surface area contributed by atoms with E-state index in [1.54, 1.807) is 0 Å². The van der Waals surface area contributed by atoms with Gasteiger partial charge in [0.1, 0.15) is 0 Å². The molecular formula is C17H23N7O3. The van der Waals surface area contributed by atoms with Crippen molar-refractivity contribution in [2.24, 2.45) is 0 Å². The Morgan fingerprint density at radius 2 is 1.89 bits per heavy atom. The number of nitrogen functional groups attached to an aromatic ring is 1. The van der Waals surface area contributed by atoms with Crippen LogP contribution in [0.4, 0.5) is 23.3 Å². The Balaban J connectivity index is 1.70. The number of hydrogen-bond acceptors (Lipinski definition) is 9. The van der Waals surface area contributed by atoms with Crippen LogP contribution in [-0.2, 0) is 6.54 Å². The number of nitrogens with one attached hydrogen (secondary N) is 1. The lowest BCUT2D eigenvalue weighted by atomic mass is 10.2. The van der Waals surface area contributed by atoms with Crippen molar-refractivity contribution >= 4 is 23.3 Å². The Morgan fingerprint density at radius 3 is 2.52 bits per heavy atom. The number of nitrogens with zero attached hydrogens (tertiary/aromatic N) is 5. The van der Waals surface area contributed by atoms with Crippen LogP contribution in [0.5, 0.6) is 0 Å². The van der Waals surface area contributed by atoms with Crippen LogP contribution in [-0.4, -0.2) is 64.2 Å². The Morgan fingerprint density at radius 1 is 1.19 bits per heavy atom. The van der Waals surface area contributed by atoms with Crippen LogP contribution in [0.15, 0.2) is 30.3 Å². The largest absolute Gasteiger partial charge is 0.395 e. The summed E-state index contributed by atoms with van der Waals surface area (Å²) in [5.74, 6) is 0.207. The molecule has 1 fully saturated rings. The number of aromatic nitrogens is 2. The van der Waals surface area contributed by atoms with Gasteiger partial charge in [-0.3, -0.25) is 15.0 Å². The van der Waals surface area contributed by atoms with E-state index in [-0.39, 0.29) is 30.5 Å². The van der Waals surface area contributed by atoms with Crippen LogP contribution in [0.3, 0.4) is 0 Å². The number of nitro groups is 1. The molecule has 27 heavy (non-hydrogen) atoms. The lowest BCUT2D eigenvalue weighted by Gasteiger charge is -2.34. The van der Waals surface area contributed by atoms with E-state index in [9.17, 15) is 10.1 Å². The summed E-state index contributed by atoms with van der Waals surface area (Å²) in [4.78, 5) is 23.3. The van der Waals surface area contributed by atoms with Crippen molar-refractivity contribution < 1.29 is 10.0 Å². The first kappa shape index (κ1) is 18.8. The number of aliphatic hydroxyl groups excluding tert-OH is 1. The molecule has 144 valence electrons. The fourth-order valence-corrected chi connectivity index (χ4v) is 3.03. The number of aliphatic hydroxyl groups is 1. The zero-order valence-corrected chi connectivity index (χ0v) is 14.9. The molecule has 2 heterocycles. The summed E-state index contributed by atoms with van der Waals surface area (Å²) in [7, 11) is 0. The third-order valence-electron chi connectivity index (χ3n) is 4.39. The molecule has 0 atom stereocenters. The summed E-state index contributed by atoms with van der Waals surface area (Å²) in [5.41, 5.74) is 6.69. The minimum absolute atomic E-state index is 0.0308. The zero-order valence-electron chi connectivity index (χ0n) is 14.9. The third kappa shape index (κ3) is 4.60. The smallest absolute Gasteiger partial charge is 0.353 e. The molecule has 0 unspecified atom stereocenters. The van der Waals surface area contributed by atoms with E-state index in [1.165, 1.54) is 5.56 Å². The molecule has 1 aliphatic rings. The van der Waals surface area contributed by atoms with E-state index < -0.39 is 4.92 Å². The van der Waals surface area contributed by atoms with Gasteiger partial charge in [-0.15, -0.1) is 0 Å². The molecular weight excluding hydrogens is 350 g/mol. The summed E-state index contributed by atoms with van der Waals surface area (Å²) >= 11 is 0. The first-order valence-electron chi connectivity index (χ1n) is 8.76. The van der Waals surface area contributed by atoms with Gasteiger partial charge in [-0.2, -0.15) is 9.97 Å². The highest BCUT2D eigenvalue weighted by molar-refractivity contribution is 5.70. The topological polar surface area (TPSA) is 134 Å². The van der Waals surface area contributed by atoms with E-state index in [0.29, 0.717) is 19.0 Å². The average molecular weight is 373 g/mol. The second-order valence-electron chi connectivity index (χ2n) is 6.26. The van der Waals surface area contributed by atoms with E-state index in [0.717, 1.165) is 19.6 Å². The summed E-state index contributed by atoms with van der Waals surface area (Å²) in [6, 6.07) is 10.3. The first-order valence-corrected chi connectivity index (χ1v) is 8.76. The van der Waals surface area contributed by atoms with Crippen LogP contribution >= 0.6 is 0 Å². The summed E-state index contributed by atoms with van der Waals surface area (Å²) in [6.07, 6.45) is 0. The van der Waals surface area contributed by atoms with Gasteiger partial charge in [-0.25, -0.2) is 0 Å². The minimum atomic E-state index is -0.614. The second kappa shape index (κ2) is 8.60. The Kier molecular flexibility index (Phi) is 5.99. The van der Waals surface area contributed by atoms with Crippen LogP contribution in [0, 0.1) is 10.1 Å². The molecule has 0 bridgehead atoms. The van der Waals surface area contributed by atoms with Crippen LogP contribution in [0.25, 0.3) is 0 Å². The van der Waals surface area contributed by atoms with Crippen molar-refractivity contribution in [1.29, 1.82) is 0 Å². The van der Waals surface area contributed by atoms with Crippen LogP contribution in [0.1, 0.15) is 5.56 Å². The minimum Gasteiger partial charge on any atom is -0.395 e. The van der Waals surface area contributed by atoms with Gasteiger partial charge >= 0.3 is 5.69 Å². The Bertz CT molecular complexity index is 780. The number of rotatable bonds is 7. The molecule has 1 saturated heterocycles. The summed E-state index contributed by atoms with van der Waals surface area (Å²) in [6.45, 7) is 3.90. The average Bonchev–Trinajstić information content (AvgIpc) is 2.67. The fraction of sp³-hybridized carbons (Fsp3) is 0.412. The molecule has 1 aromatic heterocycles. The zero-order chi connectivity index (χ0) is 19.2. The number of anilines is 3. The van der Waals surface area contributed by atoms with Gasteiger partial charge < -0.3 is 21.1 Å². The molecule has 4 N–H and O–H groups in total. The maximum Gasteiger partial charge on any atom is 0.353 e. The van der Waals surface area contributed by atoms with Gasteiger partial charge in [0.2, 0.25) is 17.6 Å². The lowest BCUT2D eigenvalue weighted by Crippen LogP contribution is -2.46. The monoisotopic (exact) mass is 373 g/mol. The highest BCUT2D eigenvalue weighted by atomic mass is 16.6. The fourth-order valence-electron chi connectivity index (χ4n) is 3.03. The molecule has 2 aromatic rings. The van der Waals surface area contributed by atoms with Crippen LogP contribution in [0.2, 0.25) is 0 Å². The number of nitrogens with two attached hydrogens (primary N) is 1. The van der Waals surface area contributed by atoms with Gasteiger partial charge in [-0.1, -0.05) is 30.3 Å².